The Morgan fingerprint density at radius 2 is 1.46 bits per heavy atom. The average molecular weight is 486 g/mol. The summed E-state index contributed by atoms with van der Waals surface area (Å²) in [5, 5.41) is 5.12. The molecule has 5 rings (SSSR count). The van der Waals surface area contributed by atoms with Crippen molar-refractivity contribution in [3.05, 3.63) is 108 Å². The zero-order chi connectivity index (χ0) is 24.3. The minimum absolute atomic E-state index is 0.151. The molecule has 1 fully saturated rings. The Morgan fingerprint density at radius 1 is 0.771 bits per heavy atom. The summed E-state index contributed by atoms with van der Waals surface area (Å²) in [4.78, 5) is 15.5. The summed E-state index contributed by atoms with van der Waals surface area (Å²) in [5.41, 5.74) is 2.41. The SMILES string of the molecule is O=C(Nc1cccc2ccccc12)c1cccc(CN2CCN(S(=O)(=O)c3ccccc3)CC2)c1. The molecule has 0 radical (unpaired) electrons. The molecule has 0 spiro atoms. The van der Waals surface area contributed by atoms with Crippen LogP contribution in [0.3, 0.4) is 0 Å². The summed E-state index contributed by atoms with van der Waals surface area (Å²) < 4.78 is 27.3. The van der Waals surface area contributed by atoms with Gasteiger partial charge >= 0.3 is 0 Å². The van der Waals surface area contributed by atoms with E-state index in [4.69, 9.17) is 0 Å². The minimum atomic E-state index is -3.47. The van der Waals surface area contributed by atoms with Crippen molar-refractivity contribution in [2.24, 2.45) is 0 Å². The third-order valence-corrected chi connectivity index (χ3v) is 8.26. The van der Waals surface area contributed by atoms with Gasteiger partial charge in [-0.25, -0.2) is 8.42 Å². The second kappa shape index (κ2) is 10.00. The molecule has 0 unspecified atom stereocenters. The van der Waals surface area contributed by atoms with Crippen LogP contribution >= 0.6 is 0 Å². The Labute approximate surface area is 205 Å². The molecular formula is C28H27N3O3S. The third kappa shape index (κ3) is 5.12. The van der Waals surface area contributed by atoms with Gasteiger partial charge in [0, 0.05) is 49.4 Å². The molecule has 0 bridgehead atoms. The molecule has 1 aliphatic rings. The van der Waals surface area contributed by atoms with Crippen LogP contribution in [-0.4, -0.2) is 49.7 Å². The van der Waals surface area contributed by atoms with Crippen LogP contribution in [0.4, 0.5) is 5.69 Å². The number of anilines is 1. The van der Waals surface area contributed by atoms with Gasteiger partial charge in [-0.05, 0) is 41.3 Å². The Morgan fingerprint density at radius 3 is 2.26 bits per heavy atom. The molecule has 178 valence electrons. The normalized spacial score (nSPS) is 15.2. The predicted molar refractivity (Wildman–Crippen MR) is 139 cm³/mol. The fourth-order valence-electron chi connectivity index (χ4n) is 4.47. The number of fused-ring (bicyclic) bond motifs is 1. The summed E-state index contributed by atoms with van der Waals surface area (Å²) in [7, 11) is -3.47. The molecule has 0 aliphatic carbocycles. The number of benzene rings is 4. The second-order valence-corrected chi connectivity index (χ2v) is 10.6. The average Bonchev–Trinajstić information content (AvgIpc) is 2.90. The van der Waals surface area contributed by atoms with Crippen molar-refractivity contribution in [2.45, 2.75) is 11.4 Å². The highest BCUT2D eigenvalue weighted by atomic mass is 32.2. The first-order valence-corrected chi connectivity index (χ1v) is 13.1. The molecule has 6 nitrogen and oxygen atoms in total. The first-order valence-electron chi connectivity index (χ1n) is 11.7. The molecule has 4 aromatic carbocycles. The van der Waals surface area contributed by atoms with Crippen molar-refractivity contribution in [1.82, 2.24) is 9.21 Å². The number of piperazine rings is 1. The summed E-state index contributed by atoms with van der Waals surface area (Å²) in [6, 6.07) is 30.0. The summed E-state index contributed by atoms with van der Waals surface area (Å²) in [6.45, 7) is 2.82. The number of rotatable bonds is 6. The fourth-order valence-corrected chi connectivity index (χ4v) is 5.91. The second-order valence-electron chi connectivity index (χ2n) is 8.67. The van der Waals surface area contributed by atoms with E-state index in [1.54, 1.807) is 28.6 Å². The van der Waals surface area contributed by atoms with E-state index in [1.807, 2.05) is 72.8 Å². The van der Waals surface area contributed by atoms with Crippen LogP contribution in [0, 0.1) is 0 Å². The minimum Gasteiger partial charge on any atom is -0.321 e. The number of carbonyl (C=O) groups is 1. The van der Waals surface area contributed by atoms with E-state index >= 15 is 0 Å². The summed E-state index contributed by atoms with van der Waals surface area (Å²) in [5.74, 6) is -0.151. The molecule has 1 amide bonds. The van der Waals surface area contributed by atoms with E-state index < -0.39 is 10.0 Å². The highest BCUT2D eigenvalue weighted by Crippen LogP contribution is 2.24. The maximum Gasteiger partial charge on any atom is 0.255 e. The van der Waals surface area contributed by atoms with Crippen molar-refractivity contribution in [1.29, 1.82) is 0 Å². The number of carbonyl (C=O) groups excluding carboxylic acids is 1. The lowest BCUT2D eigenvalue weighted by Gasteiger charge is -2.34. The zero-order valence-electron chi connectivity index (χ0n) is 19.3. The molecule has 4 aromatic rings. The monoisotopic (exact) mass is 485 g/mol. The Hall–Kier alpha value is -3.52. The summed E-state index contributed by atoms with van der Waals surface area (Å²) >= 11 is 0. The van der Waals surface area contributed by atoms with Crippen LogP contribution < -0.4 is 5.32 Å². The number of nitrogens with one attached hydrogen (secondary N) is 1. The number of nitrogens with zero attached hydrogens (tertiary/aromatic N) is 2. The molecular weight excluding hydrogens is 458 g/mol. The van der Waals surface area contributed by atoms with Crippen LogP contribution in [0.2, 0.25) is 0 Å². The lowest BCUT2D eigenvalue weighted by atomic mass is 10.1. The maximum absolute atomic E-state index is 13.0. The van der Waals surface area contributed by atoms with Gasteiger partial charge in [-0.2, -0.15) is 4.31 Å². The molecule has 35 heavy (non-hydrogen) atoms. The number of hydrogen-bond donors (Lipinski definition) is 1. The number of hydrogen-bond acceptors (Lipinski definition) is 4. The van der Waals surface area contributed by atoms with Crippen molar-refractivity contribution in [2.75, 3.05) is 31.5 Å². The molecule has 7 heteroatoms. The van der Waals surface area contributed by atoms with Gasteiger partial charge in [0.1, 0.15) is 0 Å². The van der Waals surface area contributed by atoms with Gasteiger partial charge in [0.05, 0.1) is 4.90 Å². The fraction of sp³-hybridized carbons (Fsp3) is 0.179. The molecule has 1 saturated heterocycles. The van der Waals surface area contributed by atoms with Crippen LogP contribution in [0.25, 0.3) is 10.8 Å². The smallest absolute Gasteiger partial charge is 0.255 e. The first-order chi connectivity index (χ1) is 17.0. The third-order valence-electron chi connectivity index (χ3n) is 6.35. The Balaban J connectivity index is 1.23. The van der Waals surface area contributed by atoms with Gasteiger partial charge in [0.15, 0.2) is 0 Å². The molecule has 0 saturated carbocycles. The molecule has 0 atom stereocenters. The van der Waals surface area contributed by atoms with E-state index in [-0.39, 0.29) is 5.91 Å². The Bertz CT molecular complexity index is 1440. The highest BCUT2D eigenvalue weighted by Gasteiger charge is 2.28. The van der Waals surface area contributed by atoms with Crippen LogP contribution in [0.1, 0.15) is 15.9 Å². The van der Waals surface area contributed by atoms with Gasteiger partial charge in [0.2, 0.25) is 10.0 Å². The lowest BCUT2D eigenvalue weighted by Crippen LogP contribution is -2.48. The molecule has 1 heterocycles. The topological polar surface area (TPSA) is 69.7 Å². The van der Waals surface area contributed by atoms with Gasteiger partial charge in [0.25, 0.3) is 5.91 Å². The van der Waals surface area contributed by atoms with Gasteiger partial charge < -0.3 is 5.32 Å². The van der Waals surface area contributed by atoms with Gasteiger partial charge in [-0.1, -0.05) is 66.7 Å². The predicted octanol–water partition coefficient (Wildman–Crippen LogP) is 4.60. The van der Waals surface area contributed by atoms with Crippen molar-refractivity contribution < 1.29 is 13.2 Å². The lowest BCUT2D eigenvalue weighted by molar-refractivity contribution is 0.102. The standard InChI is InChI=1S/C28H27N3O3S/c32-28(29-27-15-7-10-23-9-4-5-14-26(23)27)24-11-6-8-22(20-24)21-30-16-18-31(19-17-30)35(33,34)25-12-2-1-3-13-25/h1-15,20H,16-19,21H2,(H,29,32). The quantitative estimate of drug-likeness (QED) is 0.433. The van der Waals surface area contributed by atoms with Gasteiger partial charge in [-0.15, -0.1) is 0 Å². The summed E-state index contributed by atoms with van der Waals surface area (Å²) in [6.07, 6.45) is 0. The molecule has 1 aliphatic heterocycles. The van der Waals surface area contributed by atoms with E-state index in [1.165, 1.54) is 0 Å². The largest absolute Gasteiger partial charge is 0.321 e. The van der Waals surface area contributed by atoms with Crippen LogP contribution in [-0.2, 0) is 16.6 Å². The molecule has 0 aromatic heterocycles. The van der Waals surface area contributed by atoms with Crippen molar-refractivity contribution in [3.8, 4) is 0 Å². The van der Waals surface area contributed by atoms with E-state index in [0.29, 0.717) is 43.2 Å². The Kier molecular flexibility index (Phi) is 6.63. The van der Waals surface area contributed by atoms with Crippen molar-refractivity contribution >= 4 is 32.4 Å². The zero-order valence-corrected chi connectivity index (χ0v) is 20.1. The maximum atomic E-state index is 13.0. The van der Waals surface area contributed by atoms with Crippen molar-refractivity contribution in [3.63, 3.8) is 0 Å². The van der Waals surface area contributed by atoms with Gasteiger partial charge in [-0.3, -0.25) is 9.69 Å². The van der Waals surface area contributed by atoms with E-state index in [0.717, 1.165) is 22.0 Å². The molecule has 1 N–H and O–H groups in total. The van der Waals surface area contributed by atoms with Crippen LogP contribution in [0.5, 0.6) is 0 Å². The number of amides is 1. The van der Waals surface area contributed by atoms with E-state index in [2.05, 4.69) is 10.2 Å². The number of sulfonamides is 1. The highest BCUT2D eigenvalue weighted by molar-refractivity contribution is 7.89. The first kappa shape index (κ1) is 23.2. The van der Waals surface area contributed by atoms with E-state index in [9.17, 15) is 13.2 Å². The van der Waals surface area contributed by atoms with Crippen LogP contribution in [0.15, 0.2) is 102 Å².